The Labute approximate surface area is 93.3 Å². The minimum absolute atomic E-state index is 0.552. The number of hydrogen-bond donors (Lipinski definition) is 2. The lowest BCUT2D eigenvalue weighted by molar-refractivity contribution is 0.297. The summed E-state index contributed by atoms with van der Waals surface area (Å²) < 4.78 is 11.0. The van der Waals surface area contributed by atoms with Crippen molar-refractivity contribution in [2.45, 2.75) is 13.0 Å². The van der Waals surface area contributed by atoms with Crippen LogP contribution in [0.3, 0.4) is 0 Å². The third kappa shape index (κ3) is 2.34. The van der Waals surface area contributed by atoms with Gasteiger partial charge in [-0.15, -0.1) is 0 Å². The Kier molecular flexibility index (Phi) is 3.30. The number of halogens is 1. The molecule has 3 N–H and O–H groups in total. The second kappa shape index (κ2) is 4.70. The minimum Gasteiger partial charge on any atom is -0.489 e. The van der Waals surface area contributed by atoms with Gasteiger partial charge in [0.2, 0.25) is 0 Å². The van der Waals surface area contributed by atoms with Gasteiger partial charge in [-0.05, 0) is 17.7 Å². The molecule has 1 aromatic rings. The Morgan fingerprint density at radius 3 is 2.93 bits per heavy atom. The molecule has 4 nitrogen and oxygen atoms in total. The number of rotatable bonds is 2. The number of benzene rings is 1. The Balaban J connectivity index is 2.35. The Morgan fingerprint density at radius 2 is 2.13 bits per heavy atom. The van der Waals surface area contributed by atoms with Crippen LogP contribution in [-0.2, 0) is 6.54 Å². The van der Waals surface area contributed by atoms with Crippen molar-refractivity contribution < 1.29 is 9.47 Å². The molecule has 5 heteroatoms. The lowest BCUT2D eigenvalue weighted by Crippen LogP contribution is -2.20. The molecule has 0 amide bonds. The summed E-state index contributed by atoms with van der Waals surface area (Å²) in [5.41, 5.74) is 3.56. The van der Waals surface area contributed by atoms with Gasteiger partial charge in [-0.3, -0.25) is 11.3 Å². The molecule has 82 valence electrons. The summed E-state index contributed by atoms with van der Waals surface area (Å²) in [5, 5.41) is 0.569. The first kappa shape index (κ1) is 10.5. The number of hydrazine groups is 1. The van der Waals surface area contributed by atoms with E-state index in [1.165, 1.54) is 0 Å². The number of nitrogens with two attached hydrogens (primary N) is 1. The maximum atomic E-state index is 6.08. The molecule has 15 heavy (non-hydrogen) atoms. The van der Waals surface area contributed by atoms with Crippen molar-refractivity contribution in [1.29, 1.82) is 0 Å². The third-order valence-corrected chi connectivity index (χ3v) is 2.45. The number of nitrogens with one attached hydrogen (secondary N) is 1. The number of ether oxygens (including phenoxy) is 2. The van der Waals surface area contributed by atoms with Crippen LogP contribution in [0, 0.1) is 0 Å². The highest BCUT2D eigenvalue weighted by atomic mass is 35.5. The summed E-state index contributed by atoms with van der Waals surface area (Å²) in [6.07, 6.45) is 0.871. The Bertz CT molecular complexity index is 358. The maximum Gasteiger partial charge on any atom is 0.179 e. The smallest absolute Gasteiger partial charge is 0.179 e. The summed E-state index contributed by atoms with van der Waals surface area (Å²) in [7, 11) is 0. The van der Waals surface area contributed by atoms with Crippen LogP contribution in [0.5, 0.6) is 11.5 Å². The first-order chi connectivity index (χ1) is 7.31. The molecular weight excluding hydrogens is 216 g/mol. The normalized spacial score (nSPS) is 14.8. The number of fused-ring (bicyclic) bond motifs is 1. The average molecular weight is 229 g/mol. The van der Waals surface area contributed by atoms with E-state index in [4.69, 9.17) is 26.9 Å². The molecule has 2 rings (SSSR count). The summed E-state index contributed by atoms with van der Waals surface area (Å²) in [4.78, 5) is 0. The molecule has 0 atom stereocenters. The van der Waals surface area contributed by atoms with Crippen LogP contribution >= 0.6 is 11.6 Å². The van der Waals surface area contributed by atoms with Crippen molar-refractivity contribution >= 4 is 11.6 Å². The molecule has 0 saturated heterocycles. The largest absolute Gasteiger partial charge is 0.489 e. The van der Waals surface area contributed by atoms with E-state index in [2.05, 4.69) is 5.43 Å². The number of hydrogen-bond acceptors (Lipinski definition) is 4. The fourth-order valence-corrected chi connectivity index (χ4v) is 1.79. The van der Waals surface area contributed by atoms with Crippen molar-refractivity contribution in [2.24, 2.45) is 5.84 Å². The molecule has 0 fully saturated rings. The van der Waals surface area contributed by atoms with Gasteiger partial charge in [-0.1, -0.05) is 11.6 Å². The lowest BCUT2D eigenvalue weighted by atomic mass is 10.2. The van der Waals surface area contributed by atoms with Gasteiger partial charge in [0.05, 0.1) is 18.2 Å². The van der Waals surface area contributed by atoms with E-state index in [9.17, 15) is 0 Å². The van der Waals surface area contributed by atoms with Gasteiger partial charge in [0.1, 0.15) is 0 Å². The molecule has 0 spiro atoms. The minimum atomic E-state index is 0.552. The summed E-state index contributed by atoms with van der Waals surface area (Å²) in [5.74, 6) is 6.59. The molecule has 0 unspecified atom stereocenters. The highest BCUT2D eigenvalue weighted by Gasteiger charge is 2.15. The van der Waals surface area contributed by atoms with Crippen molar-refractivity contribution in [3.8, 4) is 11.5 Å². The van der Waals surface area contributed by atoms with Crippen LogP contribution in [0.1, 0.15) is 12.0 Å². The van der Waals surface area contributed by atoms with E-state index in [0.29, 0.717) is 36.3 Å². The summed E-state index contributed by atoms with van der Waals surface area (Å²) >= 11 is 6.08. The quantitative estimate of drug-likeness (QED) is 0.595. The first-order valence-corrected chi connectivity index (χ1v) is 5.20. The van der Waals surface area contributed by atoms with Crippen LogP contribution in [0.15, 0.2) is 12.1 Å². The predicted molar refractivity (Wildman–Crippen MR) is 58.1 cm³/mol. The molecule has 0 aromatic heterocycles. The van der Waals surface area contributed by atoms with Crippen molar-refractivity contribution in [3.63, 3.8) is 0 Å². The second-order valence-electron chi connectivity index (χ2n) is 3.34. The zero-order chi connectivity index (χ0) is 10.7. The summed E-state index contributed by atoms with van der Waals surface area (Å²) in [6.45, 7) is 1.85. The highest BCUT2D eigenvalue weighted by Crippen LogP contribution is 2.37. The van der Waals surface area contributed by atoms with Gasteiger partial charge in [0, 0.05) is 13.0 Å². The van der Waals surface area contributed by atoms with Crippen LogP contribution in [0.25, 0.3) is 0 Å². The van der Waals surface area contributed by atoms with Crippen molar-refractivity contribution in [1.82, 2.24) is 5.43 Å². The van der Waals surface area contributed by atoms with E-state index >= 15 is 0 Å². The summed E-state index contributed by atoms with van der Waals surface area (Å²) in [6, 6.07) is 3.72. The van der Waals surface area contributed by atoms with E-state index in [0.717, 1.165) is 12.0 Å². The predicted octanol–water partition coefficient (Wildman–Crippen LogP) is 1.46. The molecular formula is C10H13ClN2O2. The second-order valence-corrected chi connectivity index (χ2v) is 3.74. The topological polar surface area (TPSA) is 56.5 Å². The van der Waals surface area contributed by atoms with E-state index in [1.54, 1.807) is 0 Å². The van der Waals surface area contributed by atoms with Gasteiger partial charge >= 0.3 is 0 Å². The fourth-order valence-electron chi connectivity index (χ4n) is 1.50. The van der Waals surface area contributed by atoms with Gasteiger partial charge in [-0.25, -0.2) is 0 Å². The van der Waals surface area contributed by atoms with E-state index in [1.807, 2.05) is 12.1 Å². The molecule has 0 radical (unpaired) electrons. The zero-order valence-corrected chi connectivity index (χ0v) is 9.01. The van der Waals surface area contributed by atoms with Crippen LogP contribution in [-0.4, -0.2) is 13.2 Å². The van der Waals surface area contributed by atoms with Gasteiger partial charge in [0.25, 0.3) is 0 Å². The first-order valence-electron chi connectivity index (χ1n) is 4.83. The molecule has 1 heterocycles. The monoisotopic (exact) mass is 228 g/mol. The standard InChI is InChI=1S/C10H13ClN2O2/c11-8-4-7(6-13-12)5-9-10(8)15-3-1-2-14-9/h4-5,13H,1-3,6,12H2. The Hall–Kier alpha value is -0.970. The van der Waals surface area contributed by atoms with Crippen LogP contribution in [0.2, 0.25) is 5.02 Å². The SMILES string of the molecule is NNCc1cc(Cl)c2c(c1)OCCCO2. The highest BCUT2D eigenvalue weighted by molar-refractivity contribution is 6.32. The molecule has 0 saturated carbocycles. The molecule has 1 aliphatic rings. The zero-order valence-electron chi connectivity index (χ0n) is 8.25. The molecule has 1 aromatic carbocycles. The van der Waals surface area contributed by atoms with Crippen LogP contribution < -0.4 is 20.7 Å². The van der Waals surface area contributed by atoms with Crippen molar-refractivity contribution in [2.75, 3.05) is 13.2 Å². The van der Waals surface area contributed by atoms with E-state index < -0.39 is 0 Å². The van der Waals surface area contributed by atoms with Crippen LogP contribution in [0.4, 0.5) is 0 Å². The fraction of sp³-hybridized carbons (Fsp3) is 0.400. The van der Waals surface area contributed by atoms with Gasteiger partial charge in [0.15, 0.2) is 11.5 Å². The average Bonchev–Trinajstić information content (AvgIpc) is 2.43. The molecule has 0 aliphatic carbocycles. The van der Waals surface area contributed by atoms with Gasteiger partial charge < -0.3 is 9.47 Å². The van der Waals surface area contributed by atoms with Gasteiger partial charge in [-0.2, -0.15) is 0 Å². The van der Waals surface area contributed by atoms with Crippen molar-refractivity contribution in [3.05, 3.63) is 22.7 Å². The maximum absolute atomic E-state index is 6.08. The third-order valence-electron chi connectivity index (χ3n) is 2.17. The molecule has 0 bridgehead atoms. The lowest BCUT2D eigenvalue weighted by Gasteiger charge is -2.11. The molecule has 1 aliphatic heterocycles. The van der Waals surface area contributed by atoms with E-state index in [-0.39, 0.29) is 0 Å². The Morgan fingerprint density at radius 1 is 1.33 bits per heavy atom.